The topological polar surface area (TPSA) is 33.1 Å². The number of allylic oxidation sites excluding steroid dienone is 2. The number of rotatable bonds is 2. The Bertz CT molecular complexity index is 386. The molecule has 0 amide bonds. The van der Waals surface area contributed by atoms with Gasteiger partial charge in [-0.15, -0.1) is 11.6 Å². The van der Waals surface area contributed by atoms with Crippen molar-refractivity contribution in [3.05, 3.63) is 53.9 Å². The van der Waals surface area contributed by atoms with Gasteiger partial charge < -0.3 is 5.11 Å². The number of pyridine rings is 1. The summed E-state index contributed by atoms with van der Waals surface area (Å²) in [4.78, 5) is 4.12. The van der Waals surface area contributed by atoms with E-state index in [1.807, 2.05) is 36.4 Å². The Morgan fingerprint density at radius 2 is 2.33 bits per heavy atom. The third-order valence-corrected chi connectivity index (χ3v) is 2.68. The van der Waals surface area contributed by atoms with Crippen molar-refractivity contribution >= 4 is 11.6 Å². The monoisotopic (exact) mass is 221 g/mol. The molecule has 1 aromatic rings. The largest absolute Gasteiger partial charge is 0.382 e. The molecule has 3 heteroatoms. The summed E-state index contributed by atoms with van der Waals surface area (Å²) in [6.07, 6.45) is 7.50. The van der Waals surface area contributed by atoms with Gasteiger partial charge in [0.25, 0.3) is 0 Å². The number of nitrogens with zero attached hydrogens (tertiary/aromatic N) is 1. The van der Waals surface area contributed by atoms with E-state index >= 15 is 0 Å². The number of aliphatic hydroxyl groups is 1. The standard InChI is InChI=1S/C12H12ClNO/c13-10-6-4-9(5-7-10)12(15)11-3-1-2-8-14-11/h1-6,8,10,12,15H,7H2. The molecule has 78 valence electrons. The molecule has 0 bridgehead atoms. The van der Waals surface area contributed by atoms with E-state index in [1.54, 1.807) is 6.20 Å². The van der Waals surface area contributed by atoms with Gasteiger partial charge >= 0.3 is 0 Å². The van der Waals surface area contributed by atoms with Crippen LogP contribution in [0, 0.1) is 0 Å². The molecule has 1 heterocycles. The van der Waals surface area contributed by atoms with Gasteiger partial charge in [0.05, 0.1) is 11.1 Å². The number of aromatic nitrogens is 1. The lowest BCUT2D eigenvalue weighted by molar-refractivity contribution is 0.214. The van der Waals surface area contributed by atoms with E-state index in [1.165, 1.54) is 0 Å². The van der Waals surface area contributed by atoms with Crippen molar-refractivity contribution in [1.82, 2.24) is 4.98 Å². The zero-order valence-electron chi connectivity index (χ0n) is 8.18. The first kappa shape index (κ1) is 10.4. The zero-order chi connectivity index (χ0) is 10.7. The van der Waals surface area contributed by atoms with E-state index in [0.717, 1.165) is 12.0 Å². The van der Waals surface area contributed by atoms with Crippen LogP contribution in [0.4, 0.5) is 0 Å². The van der Waals surface area contributed by atoms with Crippen molar-refractivity contribution < 1.29 is 5.11 Å². The Kier molecular flexibility index (Phi) is 3.19. The molecule has 0 saturated carbocycles. The Balaban J connectivity index is 2.16. The van der Waals surface area contributed by atoms with Crippen LogP contribution in [0.15, 0.2) is 48.2 Å². The first-order chi connectivity index (χ1) is 7.27. The van der Waals surface area contributed by atoms with E-state index in [-0.39, 0.29) is 5.38 Å². The molecule has 1 aromatic heterocycles. The lowest BCUT2D eigenvalue weighted by Gasteiger charge is -2.15. The first-order valence-corrected chi connectivity index (χ1v) is 5.32. The quantitative estimate of drug-likeness (QED) is 0.779. The summed E-state index contributed by atoms with van der Waals surface area (Å²) in [6.45, 7) is 0. The lowest BCUT2D eigenvalue weighted by atomic mass is 9.99. The highest BCUT2D eigenvalue weighted by atomic mass is 35.5. The van der Waals surface area contributed by atoms with Crippen LogP contribution in [0.1, 0.15) is 18.2 Å². The molecule has 0 aromatic carbocycles. The maximum absolute atomic E-state index is 10.0. The fourth-order valence-electron chi connectivity index (χ4n) is 1.52. The van der Waals surface area contributed by atoms with Gasteiger partial charge in [0.1, 0.15) is 6.10 Å². The SMILES string of the molecule is OC(C1=CCC(Cl)C=C1)c1ccccn1. The maximum Gasteiger partial charge on any atom is 0.121 e. The highest BCUT2D eigenvalue weighted by Gasteiger charge is 2.15. The number of hydrogen-bond donors (Lipinski definition) is 1. The Morgan fingerprint density at radius 1 is 1.47 bits per heavy atom. The predicted molar refractivity (Wildman–Crippen MR) is 60.7 cm³/mol. The Hall–Kier alpha value is -1.12. The molecule has 2 unspecified atom stereocenters. The van der Waals surface area contributed by atoms with Crippen LogP contribution in [0.3, 0.4) is 0 Å². The molecular formula is C12H12ClNO. The van der Waals surface area contributed by atoms with Gasteiger partial charge in [-0.25, -0.2) is 0 Å². The van der Waals surface area contributed by atoms with Gasteiger partial charge in [-0.3, -0.25) is 4.98 Å². The minimum Gasteiger partial charge on any atom is -0.382 e. The third-order valence-electron chi connectivity index (χ3n) is 2.36. The van der Waals surface area contributed by atoms with Gasteiger partial charge in [-0.1, -0.05) is 24.3 Å². The Labute approximate surface area is 93.9 Å². The van der Waals surface area contributed by atoms with E-state index in [2.05, 4.69) is 4.98 Å². The average Bonchev–Trinajstić information content (AvgIpc) is 2.30. The minimum absolute atomic E-state index is 0.0460. The molecular weight excluding hydrogens is 210 g/mol. The molecule has 0 aliphatic heterocycles. The van der Waals surface area contributed by atoms with Crippen LogP contribution in [0.5, 0.6) is 0 Å². The first-order valence-electron chi connectivity index (χ1n) is 4.88. The fourth-order valence-corrected chi connectivity index (χ4v) is 1.68. The van der Waals surface area contributed by atoms with E-state index in [4.69, 9.17) is 11.6 Å². The van der Waals surface area contributed by atoms with Gasteiger partial charge in [0.15, 0.2) is 0 Å². The molecule has 1 aliphatic rings. The summed E-state index contributed by atoms with van der Waals surface area (Å²) < 4.78 is 0. The van der Waals surface area contributed by atoms with Crippen molar-refractivity contribution in [2.24, 2.45) is 0 Å². The highest BCUT2D eigenvalue weighted by Crippen LogP contribution is 2.25. The summed E-state index contributed by atoms with van der Waals surface area (Å²) in [7, 11) is 0. The second-order valence-electron chi connectivity index (χ2n) is 3.47. The van der Waals surface area contributed by atoms with E-state index in [0.29, 0.717) is 5.69 Å². The van der Waals surface area contributed by atoms with Crippen molar-refractivity contribution in [1.29, 1.82) is 0 Å². The number of aliphatic hydroxyl groups excluding tert-OH is 1. The van der Waals surface area contributed by atoms with Crippen LogP contribution in [0.25, 0.3) is 0 Å². The van der Waals surface area contributed by atoms with E-state index < -0.39 is 6.10 Å². The van der Waals surface area contributed by atoms with Crippen LogP contribution < -0.4 is 0 Å². The smallest absolute Gasteiger partial charge is 0.121 e. The highest BCUT2D eigenvalue weighted by molar-refractivity contribution is 6.22. The molecule has 0 spiro atoms. The van der Waals surface area contributed by atoms with Crippen molar-refractivity contribution in [2.45, 2.75) is 17.9 Å². The normalized spacial score (nSPS) is 22.3. The summed E-state index contributed by atoms with van der Waals surface area (Å²) in [6, 6.07) is 5.51. The zero-order valence-corrected chi connectivity index (χ0v) is 8.93. The predicted octanol–water partition coefficient (Wildman–Crippen LogP) is 2.61. The lowest BCUT2D eigenvalue weighted by Crippen LogP contribution is -2.06. The second kappa shape index (κ2) is 4.60. The van der Waals surface area contributed by atoms with Crippen LogP contribution in [-0.4, -0.2) is 15.5 Å². The summed E-state index contributed by atoms with van der Waals surface area (Å²) in [5, 5.41) is 10.1. The van der Waals surface area contributed by atoms with Crippen LogP contribution in [0.2, 0.25) is 0 Å². The van der Waals surface area contributed by atoms with Crippen LogP contribution in [-0.2, 0) is 0 Å². The molecule has 15 heavy (non-hydrogen) atoms. The molecule has 1 aliphatic carbocycles. The Morgan fingerprint density at radius 3 is 2.93 bits per heavy atom. The number of hydrogen-bond acceptors (Lipinski definition) is 2. The van der Waals surface area contributed by atoms with Crippen molar-refractivity contribution in [2.75, 3.05) is 0 Å². The fraction of sp³-hybridized carbons (Fsp3) is 0.250. The molecule has 0 radical (unpaired) electrons. The average molecular weight is 222 g/mol. The van der Waals surface area contributed by atoms with Gasteiger partial charge in [-0.05, 0) is 24.1 Å². The maximum atomic E-state index is 10.0. The van der Waals surface area contributed by atoms with Gasteiger partial charge in [-0.2, -0.15) is 0 Å². The number of alkyl halides is 1. The minimum atomic E-state index is -0.647. The summed E-state index contributed by atoms with van der Waals surface area (Å²) >= 11 is 5.90. The molecule has 2 rings (SSSR count). The molecule has 2 nitrogen and oxygen atoms in total. The molecule has 0 saturated heterocycles. The third kappa shape index (κ3) is 2.46. The van der Waals surface area contributed by atoms with Crippen molar-refractivity contribution in [3.63, 3.8) is 0 Å². The van der Waals surface area contributed by atoms with Gasteiger partial charge in [0, 0.05) is 6.20 Å². The second-order valence-corrected chi connectivity index (χ2v) is 4.03. The molecule has 1 N–H and O–H groups in total. The summed E-state index contributed by atoms with van der Waals surface area (Å²) in [5.41, 5.74) is 1.53. The van der Waals surface area contributed by atoms with E-state index in [9.17, 15) is 5.11 Å². The van der Waals surface area contributed by atoms with Gasteiger partial charge in [0.2, 0.25) is 0 Å². The van der Waals surface area contributed by atoms with Crippen molar-refractivity contribution in [3.8, 4) is 0 Å². The van der Waals surface area contributed by atoms with Crippen LogP contribution >= 0.6 is 11.6 Å². The summed E-state index contributed by atoms with van der Waals surface area (Å²) in [5.74, 6) is 0. The number of halogens is 1. The molecule has 0 fully saturated rings. The molecule has 2 atom stereocenters.